The Morgan fingerprint density at radius 2 is 1.73 bits per heavy atom. The summed E-state index contributed by atoms with van der Waals surface area (Å²) in [5.41, 5.74) is 1.15. The van der Waals surface area contributed by atoms with E-state index in [1.807, 2.05) is 0 Å². The van der Waals surface area contributed by atoms with Crippen molar-refractivity contribution in [3.63, 3.8) is 0 Å². The molecule has 0 spiro atoms. The molecule has 0 atom stereocenters. The highest BCUT2D eigenvalue weighted by Crippen LogP contribution is 2.23. The Labute approximate surface area is 152 Å². The van der Waals surface area contributed by atoms with Gasteiger partial charge in [0.25, 0.3) is 0 Å². The monoisotopic (exact) mass is 380 g/mol. The molecule has 2 aromatic carbocycles. The van der Waals surface area contributed by atoms with Crippen molar-refractivity contribution in [2.45, 2.75) is 11.8 Å². The molecule has 0 aliphatic carbocycles. The minimum absolute atomic E-state index is 0.0792. The molecule has 0 N–H and O–H groups in total. The molecule has 6 nitrogen and oxygen atoms in total. The Kier molecular flexibility index (Phi) is 5.99. The summed E-state index contributed by atoms with van der Waals surface area (Å²) < 4.78 is 44.5. The molecule has 0 saturated heterocycles. The van der Waals surface area contributed by atoms with E-state index in [2.05, 4.69) is 0 Å². The number of rotatable bonds is 6. The number of aryl methyl sites for hydroxylation is 1. The van der Waals surface area contributed by atoms with Crippen molar-refractivity contribution in [3.05, 3.63) is 53.8 Å². The van der Waals surface area contributed by atoms with Crippen LogP contribution in [-0.4, -0.2) is 46.4 Å². The Bertz CT molecular complexity index is 898. The van der Waals surface area contributed by atoms with Gasteiger partial charge in [0.15, 0.2) is 0 Å². The second-order valence-corrected chi connectivity index (χ2v) is 7.87. The van der Waals surface area contributed by atoms with Gasteiger partial charge in [-0.15, -0.1) is 0 Å². The van der Waals surface area contributed by atoms with Gasteiger partial charge >= 0.3 is 0 Å². The number of halogens is 1. The molecule has 1 amide bonds. The molecule has 0 saturated carbocycles. The van der Waals surface area contributed by atoms with Crippen molar-refractivity contribution >= 4 is 21.6 Å². The van der Waals surface area contributed by atoms with Crippen LogP contribution < -0.4 is 9.64 Å². The number of amides is 1. The van der Waals surface area contributed by atoms with Crippen LogP contribution in [0.25, 0.3) is 0 Å². The van der Waals surface area contributed by atoms with E-state index in [9.17, 15) is 17.6 Å². The Balaban J connectivity index is 2.16. The molecule has 0 aromatic heterocycles. The minimum Gasteiger partial charge on any atom is -0.496 e. The maximum Gasteiger partial charge on any atom is 0.243 e. The quantitative estimate of drug-likeness (QED) is 0.772. The van der Waals surface area contributed by atoms with Crippen LogP contribution in [-0.2, 0) is 14.8 Å². The van der Waals surface area contributed by atoms with Gasteiger partial charge in [0, 0.05) is 19.8 Å². The van der Waals surface area contributed by atoms with Gasteiger partial charge in [-0.25, -0.2) is 12.8 Å². The number of carbonyl (C=O) groups excluding carboxylic acids is 1. The van der Waals surface area contributed by atoms with Gasteiger partial charge in [-0.1, -0.05) is 0 Å². The number of carbonyl (C=O) groups is 1. The number of nitrogens with zero attached hydrogens (tertiary/aromatic N) is 2. The summed E-state index contributed by atoms with van der Waals surface area (Å²) in [4.78, 5) is 13.8. The minimum atomic E-state index is -3.83. The first kappa shape index (κ1) is 19.9. The van der Waals surface area contributed by atoms with Crippen molar-refractivity contribution in [3.8, 4) is 5.75 Å². The fraction of sp³-hybridized carbons (Fsp3) is 0.278. The second kappa shape index (κ2) is 7.84. The average Bonchev–Trinajstić information content (AvgIpc) is 2.61. The molecule has 140 valence electrons. The first-order valence-electron chi connectivity index (χ1n) is 7.80. The van der Waals surface area contributed by atoms with Gasteiger partial charge in [-0.3, -0.25) is 4.79 Å². The van der Waals surface area contributed by atoms with Crippen molar-refractivity contribution in [2.24, 2.45) is 0 Å². The molecule has 0 unspecified atom stereocenters. The second-order valence-electron chi connectivity index (χ2n) is 5.82. The standard InChI is InChI=1S/C18H21FN2O4S/c1-13-11-16(9-10-17(13)25-4)26(23,24)20(2)12-18(22)21(3)15-7-5-14(19)6-8-15/h5-11H,12H2,1-4H3. The van der Waals surface area contributed by atoms with Crippen LogP contribution in [0.4, 0.5) is 10.1 Å². The lowest BCUT2D eigenvalue weighted by atomic mass is 10.2. The molecule has 2 rings (SSSR count). The number of benzene rings is 2. The summed E-state index contributed by atoms with van der Waals surface area (Å²) >= 11 is 0. The lowest BCUT2D eigenvalue weighted by Crippen LogP contribution is -2.39. The number of sulfonamides is 1. The van der Waals surface area contributed by atoms with E-state index in [0.29, 0.717) is 17.0 Å². The van der Waals surface area contributed by atoms with Crippen molar-refractivity contribution in [1.29, 1.82) is 0 Å². The van der Waals surface area contributed by atoms with Crippen LogP contribution in [0.1, 0.15) is 5.56 Å². The Morgan fingerprint density at radius 3 is 2.27 bits per heavy atom. The number of hydrogen-bond donors (Lipinski definition) is 0. The third kappa shape index (κ3) is 4.20. The third-order valence-corrected chi connectivity index (χ3v) is 5.82. The van der Waals surface area contributed by atoms with E-state index in [-0.39, 0.29) is 11.4 Å². The zero-order valence-electron chi connectivity index (χ0n) is 15.1. The maximum absolute atomic E-state index is 13.0. The van der Waals surface area contributed by atoms with E-state index < -0.39 is 21.7 Å². The number of anilines is 1. The predicted molar refractivity (Wildman–Crippen MR) is 97.4 cm³/mol. The zero-order valence-corrected chi connectivity index (χ0v) is 15.9. The first-order chi connectivity index (χ1) is 12.2. The summed E-state index contributed by atoms with van der Waals surface area (Å²) in [5, 5.41) is 0. The molecule has 0 aliphatic rings. The van der Waals surface area contributed by atoms with Gasteiger partial charge in [0.2, 0.25) is 15.9 Å². The Morgan fingerprint density at radius 1 is 1.12 bits per heavy atom. The molecule has 0 radical (unpaired) electrons. The zero-order chi connectivity index (χ0) is 19.5. The van der Waals surface area contributed by atoms with E-state index in [0.717, 1.165) is 4.31 Å². The predicted octanol–water partition coefficient (Wildman–Crippen LogP) is 2.43. The van der Waals surface area contributed by atoms with Crippen molar-refractivity contribution in [1.82, 2.24) is 4.31 Å². The summed E-state index contributed by atoms with van der Waals surface area (Å²) in [6.07, 6.45) is 0. The summed E-state index contributed by atoms with van der Waals surface area (Å²) in [6, 6.07) is 9.88. The lowest BCUT2D eigenvalue weighted by Gasteiger charge is -2.22. The molecule has 0 heterocycles. The maximum atomic E-state index is 13.0. The normalized spacial score (nSPS) is 11.5. The van der Waals surface area contributed by atoms with Crippen LogP contribution in [0.3, 0.4) is 0 Å². The fourth-order valence-corrected chi connectivity index (χ4v) is 3.59. The van der Waals surface area contributed by atoms with E-state index in [4.69, 9.17) is 4.74 Å². The molecule has 0 aliphatic heterocycles. The Hall–Kier alpha value is -2.45. The number of methoxy groups -OCH3 is 1. The molecule has 2 aromatic rings. The first-order valence-corrected chi connectivity index (χ1v) is 9.24. The van der Waals surface area contributed by atoms with Crippen LogP contribution in [0.15, 0.2) is 47.4 Å². The molecule has 0 fully saturated rings. The third-order valence-electron chi connectivity index (χ3n) is 4.02. The van der Waals surface area contributed by atoms with Crippen molar-refractivity contribution < 1.29 is 22.3 Å². The largest absolute Gasteiger partial charge is 0.496 e. The van der Waals surface area contributed by atoms with Gasteiger partial charge < -0.3 is 9.64 Å². The number of hydrogen-bond acceptors (Lipinski definition) is 4. The van der Waals surface area contributed by atoms with Crippen LogP contribution in [0.5, 0.6) is 5.75 Å². The molecular formula is C18H21FN2O4S. The lowest BCUT2D eigenvalue weighted by molar-refractivity contribution is -0.118. The van der Waals surface area contributed by atoms with Crippen molar-refractivity contribution in [2.75, 3.05) is 32.6 Å². The van der Waals surface area contributed by atoms with Crippen LogP contribution in [0, 0.1) is 12.7 Å². The molecule has 26 heavy (non-hydrogen) atoms. The summed E-state index contributed by atoms with van der Waals surface area (Å²) in [5.74, 6) is -0.268. The van der Waals surface area contributed by atoms with Gasteiger partial charge in [0.05, 0.1) is 18.6 Å². The smallest absolute Gasteiger partial charge is 0.243 e. The average molecular weight is 380 g/mol. The fourth-order valence-electron chi connectivity index (χ4n) is 2.38. The highest BCUT2D eigenvalue weighted by atomic mass is 32.2. The summed E-state index contributed by atoms with van der Waals surface area (Å²) in [6.45, 7) is 1.40. The highest BCUT2D eigenvalue weighted by Gasteiger charge is 2.25. The van der Waals surface area contributed by atoms with Gasteiger partial charge in [0.1, 0.15) is 11.6 Å². The van der Waals surface area contributed by atoms with Gasteiger partial charge in [-0.2, -0.15) is 4.31 Å². The SMILES string of the molecule is COc1ccc(S(=O)(=O)N(C)CC(=O)N(C)c2ccc(F)cc2)cc1C. The summed E-state index contributed by atoms with van der Waals surface area (Å²) in [7, 11) is 0.519. The molecule has 0 bridgehead atoms. The van der Waals surface area contributed by atoms with E-state index >= 15 is 0 Å². The topological polar surface area (TPSA) is 66.9 Å². The van der Waals surface area contributed by atoms with Crippen LogP contribution >= 0.6 is 0 Å². The molecule has 8 heteroatoms. The van der Waals surface area contributed by atoms with E-state index in [1.54, 1.807) is 13.0 Å². The highest BCUT2D eigenvalue weighted by molar-refractivity contribution is 7.89. The molecular weight excluding hydrogens is 359 g/mol. The van der Waals surface area contributed by atoms with Gasteiger partial charge in [-0.05, 0) is 55.0 Å². The van der Waals surface area contributed by atoms with E-state index in [1.165, 1.54) is 62.5 Å². The number of ether oxygens (including phenoxy) is 1. The number of likely N-dealkylation sites (N-methyl/N-ethyl adjacent to an activating group) is 2. The van der Waals surface area contributed by atoms with Crippen LogP contribution in [0.2, 0.25) is 0 Å².